The molecular formula is C15H14N2O3. The fourth-order valence-electron chi connectivity index (χ4n) is 1.56. The van der Waals surface area contributed by atoms with Crippen LogP contribution in [-0.4, -0.2) is 19.0 Å². The molecule has 0 saturated heterocycles. The Morgan fingerprint density at radius 3 is 2.20 bits per heavy atom. The molecule has 0 aliphatic heterocycles. The Balaban J connectivity index is 1.93. The molecule has 0 saturated carbocycles. The number of hydrogen-bond donors (Lipinski definition) is 2. The SMILES string of the molecule is COc1ccc(OC(=O)NC(=N)c2ccccc2)cc1. The summed E-state index contributed by atoms with van der Waals surface area (Å²) in [4.78, 5) is 11.6. The predicted molar refractivity (Wildman–Crippen MR) is 75.4 cm³/mol. The van der Waals surface area contributed by atoms with Crippen molar-refractivity contribution in [3.05, 3.63) is 60.2 Å². The zero-order chi connectivity index (χ0) is 14.4. The smallest absolute Gasteiger partial charge is 0.418 e. The molecule has 5 nitrogen and oxygen atoms in total. The van der Waals surface area contributed by atoms with Crippen LogP contribution in [0.3, 0.4) is 0 Å². The van der Waals surface area contributed by atoms with Crippen molar-refractivity contribution in [3.8, 4) is 11.5 Å². The summed E-state index contributed by atoms with van der Waals surface area (Å²) in [5.41, 5.74) is 0.610. The van der Waals surface area contributed by atoms with Crippen molar-refractivity contribution in [1.82, 2.24) is 5.32 Å². The lowest BCUT2D eigenvalue weighted by Crippen LogP contribution is -2.32. The molecule has 0 bridgehead atoms. The molecule has 0 aromatic heterocycles. The highest BCUT2D eigenvalue weighted by Gasteiger charge is 2.08. The molecule has 102 valence electrons. The molecule has 2 aromatic carbocycles. The topological polar surface area (TPSA) is 71.4 Å². The second-order valence-electron chi connectivity index (χ2n) is 3.93. The van der Waals surface area contributed by atoms with E-state index < -0.39 is 6.09 Å². The van der Waals surface area contributed by atoms with Gasteiger partial charge in [0.15, 0.2) is 0 Å². The average molecular weight is 270 g/mol. The van der Waals surface area contributed by atoms with Crippen LogP contribution in [0, 0.1) is 5.41 Å². The van der Waals surface area contributed by atoms with Crippen LogP contribution in [0.15, 0.2) is 54.6 Å². The van der Waals surface area contributed by atoms with E-state index in [0.29, 0.717) is 17.1 Å². The zero-order valence-corrected chi connectivity index (χ0v) is 10.9. The summed E-state index contributed by atoms with van der Waals surface area (Å²) < 4.78 is 10.1. The molecule has 1 amide bonds. The first kappa shape index (κ1) is 13.6. The first-order valence-electron chi connectivity index (χ1n) is 5.96. The molecule has 2 N–H and O–H groups in total. The van der Waals surface area contributed by atoms with E-state index in [-0.39, 0.29) is 5.84 Å². The molecule has 0 aliphatic rings. The highest BCUT2D eigenvalue weighted by atomic mass is 16.6. The van der Waals surface area contributed by atoms with Crippen LogP contribution in [-0.2, 0) is 0 Å². The van der Waals surface area contributed by atoms with Gasteiger partial charge in [0.2, 0.25) is 0 Å². The van der Waals surface area contributed by atoms with Crippen molar-refractivity contribution in [3.63, 3.8) is 0 Å². The Morgan fingerprint density at radius 2 is 1.60 bits per heavy atom. The minimum atomic E-state index is -0.705. The molecule has 0 radical (unpaired) electrons. The van der Waals surface area contributed by atoms with E-state index in [0.717, 1.165) is 0 Å². The van der Waals surface area contributed by atoms with Gasteiger partial charge in [-0.1, -0.05) is 30.3 Å². The lowest BCUT2D eigenvalue weighted by Gasteiger charge is -2.08. The third kappa shape index (κ3) is 3.58. The van der Waals surface area contributed by atoms with E-state index in [1.54, 1.807) is 55.6 Å². The third-order valence-corrected chi connectivity index (χ3v) is 2.56. The van der Waals surface area contributed by atoms with Crippen molar-refractivity contribution >= 4 is 11.9 Å². The van der Waals surface area contributed by atoms with Gasteiger partial charge in [0.25, 0.3) is 0 Å². The molecule has 2 rings (SSSR count). The first-order valence-corrected chi connectivity index (χ1v) is 5.96. The van der Waals surface area contributed by atoms with Crippen LogP contribution >= 0.6 is 0 Å². The molecule has 0 heterocycles. The maximum absolute atomic E-state index is 11.6. The number of benzene rings is 2. The van der Waals surface area contributed by atoms with Crippen LogP contribution in [0.2, 0.25) is 0 Å². The van der Waals surface area contributed by atoms with Crippen molar-refractivity contribution in [2.45, 2.75) is 0 Å². The number of carbonyl (C=O) groups is 1. The normalized spacial score (nSPS) is 9.65. The number of amidine groups is 1. The van der Waals surface area contributed by atoms with E-state index in [1.807, 2.05) is 6.07 Å². The lowest BCUT2D eigenvalue weighted by atomic mass is 10.2. The highest BCUT2D eigenvalue weighted by molar-refractivity contribution is 6.04. The van der Waals surface area contributed by atoms with Gasteiger partial charge in [-0.25, -0.2) is 4.79 Å². The molecule has 20 heavy (non-hydrogen) atoms. The monoisotopic (exact) mass is 270 g/mol. The van der Waals surface area contributed by atoms with E-state index in [4.69, 9.17) is 14.9 Å². The molecule has 2 aromatic rings. The van der Waals surface area contributed by atoms with Crippen molar-refractivity contribution < 1.29 is 14.3 Å². The van der Waals surface area contributed by atoms with E-state index in [1.165, 1.54) is 0 Å². The number of nitrogens with one attached hydrogen (secondary N) is 2. The average Bonchev–Trinajstić information content (AvgIpc) is 2.49. The van der Waals surface area contributed by atoms with Gasteiger partial charge in [-0.15, -0.1) is 0 Å². The van der Waals surface area contributed by atoms with E-state index >= 15 is 0 Å². The predicted octanol–water partition coefficient (Wildman–Crippen LogP) is 2.81. The van der Waals surface area contributed by atoms with Gasteiger partial charge in [0.05, 0.1) is 7.11 Å². The molecule has 0 aliphatic carbocycles. The third-order valence-electron chi connectivity index (χ3n) is 2.56. The van der Waals surface area contributed by atoms with Gasteiger partial charge in [-0.2, -0.15) is 0 Å². The standard InChI is InChI=1S/C15H14N2O3/c1-19-12-7-9-13(10-8-12)20-15(18)17-14(16)11-5-3-2-4-6-11/h2-10H,1H3,(H2,16,17,18). The second-order valence-corrected chi connectivity index (χ2v) is 3.93. The Hall–Kier alpha value is -2.82. The van der Waals surface area contributed by atoms with Crippen LogP contribution in [0.4, 0.5) is 4.79 Å². The minimum Gasteiger partial charge on any atom is -0.497 e. The number of hydrogen-bond acceptors (Lipinski definition) is 4. The summed E-state index contributed by atoms with van der Waals surface area (Å²) in [5, 5.41) is 10.1. The van der Waals surface area contributed by atoms with Crippen molar-refractivity contribution in [1.29, 1.82) is 5.41 Å². The molecule has 0 spiro atoms. The molecular weight excluding hydrogens is 256 g/mol. The summed E-state index contributed by atoms with van der Waals surface area (Å²) in [6.45, 7) is 0. The maximum atomic E-state index is 11.6. The molecule has 0 fully saturated rings. The fourth-order valence-corrected chi connectivity index (χ4v) is 1.56. The Morgan fingerprint density at radius 1 is 1.00 bits per heavy atom. The summed E-state index contributed by atoms with van der Waals surface area (Å²) in [5.74, 6) is 1.04. The zero-order valence-electron chi connectivity index (χ0n) is 10.9. The van der Waals surface area contributed by atoms with E-state index in [9.17, 15) is 4.79 Å². The highest BCUT2D eigenvalue weighted by Crippen LogP contribution is 2.16. The Labute approximate surface area is 116 Å². The number of ether oxygens (including phenoxy) is 2. The fraction of sp³-hybridized carbons (Fsp3) is 0.0667. The van der Waals surface area contributed by atoms with Crippen molar-refractivity contribution in [2.75, 3.05) is 7.11 Å². The number of methoxy groups -OCH3 is 1. The molecule has 0 atom stereocenters. The summed E-state index contributed by atoms with van der Waals surface area (Å²) in [7, 11) is 1.56. The summed E-state index contributed by atoms with van der Waals surface area (Å²) >= 11 is 0. The quantitative estimate of drug-likeness (QED) is 0.665. The van der Waals surface area contributed by atoms with Gasteiger partial charge in [-0.05, 0) is 24.3 Å². The number of carbonyl (C=O) groups excluding carboxylic acids is 1. The van der Waals surface area contributed by atoms with Crippen LogP contribution in [0.25, 0.3) is 0 Å². The largest absolute Gasteiger partial charge is 0.497 e. The second kappa shape index (κ2) is 6.38. The van der Waals surface area contributed by atoms with Crippen LogP contribution in [0.5, 0.6) is 11.5 Å². The van der Waals surface area contributed by atoms with E-state index in [2.05, 4.69) is 5.32 Å². The van der Waals surface area contributed by atoms with Crippen LogP contribution in [0.1, 0.15) is 5.56 Å². The lowest BCUT2D eigenvalue weighted by molar-refractivity contribution is 0.206. The van der Waals surface area contributed by atoms with Gasteiger partial charge < -0.3 is 9.47 Å². The molecule has 0 unspecified atom stereocenters. The van der Waals surface area contributed by atoms with Gasteiger partial charge in [0.1, 0.15) is 17.3 Å². The first-order chi connectivity index (χ1) is 9.69. The Kier molecular flexibility index (Phi) is 4.34. The van der Waals surface area contributed by atoms with Gasteiger partial charge in [0, 0.05) is 5.56 Å². The van der Waals surface area contributed by atoms with Crippen molar-refractivity contribution in [2.24, 2.45) is 0 Å². The Bertz CT molecular complexity index is 594. The maximum Gasteiger partial charge on any atom is 0.418 e. The van der Waals surface area contributed by atoms with Gasteiger partial charge in [-0.3, -0.25) is 10.7 Å². The molecule has 5 heteroatoms. The summed E-state index contributed by atoms with van der Waals surface area (Å²) in [6.07, 6.45) is -0.705. The number of amides is 1. The van der Waals surface area contributed by atoms with Crippen LogP contribution < -0.4 is 14.8 Å². The number of rotatable bonds is 3. The minimum absolute atomic E-state index is 0.0101. The van der Waals surface area contributed by atoms with Gasteiger partial charge >= 0.3 is 6.09 Å². The summed E-state index contributed by atoms with van der Waals surface area (Å²) in [6, 6.07) is 15.5.